The Morgan fingerprint density at radius 2 is 0.818 bits per heavy atom. The molecule has 8 heteroatoms. The molecular weight excluding hydrogens is 310 g/mol. The maximum atomic E-state index is 13.8. The number of nitrogens with zero attached hydrogens (tertiary/aromatic N) is 2. The Kier molecular flexibility index (Phi) is 2.06. The lowest BCUT2D eigenvalue weighted by atomic mass is 9.70. The zero-order chi connectivity index (χ0) is 16.7. The topological polar surface area (TPSA) is 24.7 Å². The molecule has 0 radical (unpaired) electrons. The molecule has 0 N–H and O–H groups in total. The van der Waals surface area contributed by atoms with Crippen LogP contribution in [0.2, 0.25) is 0 Å². The third-order valence-corrected chi connectivity index (χ3v) is 6.84. The van der Waals surface area contributed by atoms with Crippen LogP contribution in [0.5, 0.6) is 0 Å². The maximum Gasteiger partial charge on any atom is 0.416 e. The van der Waals surface area contributed by atoms with Crippen molar-refractivity contribution in [2.45, 2.75) is 51.1 Å². The first-order valence-corrected chi connectivity index (χ1v) is 7.26. The summed E-state index contributed by atoms with van der Waals surface area (Å²) < 4.78 is 83.1. The highest BCUT2D eigenvalue weighted by molar-refractivity contribution is 5.44. The lowest BCUT2D eigenvalue weighted by molar-refractivity contribution is -0.250. The summed E-state index contributed by atoms with van der Waals surface area (Å²) >= 11 is 0. The molecule has 124 valence electrons. The highest BCUT2D eigenvalue weighted by Crippen LogP contribution is 2.90. The van der Waals surface area contributed by atoms with Crippen LogP contribution in [0, 0.1) is 34.5 Å². The van der Waals surface area contributed by atoms with Crippen molar-refractivity contribution in [3.63, 3.8) is 0 Å². The second-order valence-corrected chi connectivity index (χ2v) is 8.40. The summed E-state index contributed by atoms with van der Waals surface area (Å²) in [5.41, 5.74) is -7.00. The van der Waals surface area contributed by atoms with Gasteiger partial charge in [-0.3, -0.25) is 0 Å². The van der Waals surface area contributed by atoms with Crippen LogP contribution in [0.1, 0.15) is 27.7 Å². The Bertz CT molecular complexity index is 523. The van der Waals surface area contributed by atoms with Crippen molar-refractivity contribution in [3.8, 4) is 0 Å². The van der Waals surface area contributed by atoms with Crippen LogP contribution in [0.3, 0.4) is 0 Å². The van der Waals surface area contributed by atoms with Gasteiger partial charge in [0.15, 0.2) is 11.1 Å². The van der Waals surface area contributed by atoms with E-state index in [0.717, 1.165) is 0 Å². The number of azo groups is 1. The summed E-state index contributed by atoms with van der Waals surface area (Å²) in [5.74, 6) is -4.55. The van der Waals surface area contributed by atoms with Crippen molar-refractivity contribution < 1.29 is 26.3 Å². The zero-order valence-electron chi connectivity index (χ0n) is 12.5. The first-order chi connectivity index (χ1) is 9.68. The molecule has 3 aliphatic carbocycles. The first kappa shape index (κ1) is 14.8. The minimum Gasteiger partial charge on any atom is -0.176 e. The van der Waals surface area contributed by atoms with Gasteiger partial charge < -0.3 is 0 Å². The third kappa shape index (κ3) is 1.09. The van der Waals surface area contributed by atoms with Crippen LogP contribution >= 0.6 is 0 Å². The van der Waals surface area contributed by atoms with Gasteiger partial charge in [0.25, 0.3) is 0 Å². The van der Waals surface area contributed by atoms with E-state index in [-0.39, 0.29) is 0 Å². The largest absolute Gasteiger partial charge is 0.416 e. The molecular formula is C14H16F6N2. The SMILES string of the molecule is CC1(C)[C@H]2[C@@H]1C1(C(F)(F)F)N=NC2(C(F)(F)F)[C@H]2[C@@H]1C2(C)C. The molecule has 0 amide bonds. The van der Waals surface area contributed by atoms with E-state index in [0.29, 0.717) is 0 Å². The van der Waals surface area contributed by atoms with Crippen molar-refractivity contribution in [1.29, 1.82) is 0 Å². The van der Waals surface area contributed by atoms with E-state index in [2.05, 4.69) is 10.2 Å². The number of hydrogen-bond donors (Lipinski definition) is 0. The highest BCUT2D eigenvalue weighted by atomic mass is 19.4. The standard InChI is InChI=1S/C14H16F6N2/c1-9(2)5-6(9)12(14(18,19)20)8-7(10(8,3)4)11(5,21-22-12)13(15,16)17/h5-8H,1-4H3/t5-,6+,7+,8-,11?,12?. The highest BCUT2D eigenvalue weighted by Gasteiger charge is 3.00. The van der Waals surface area contributed by atoms with E-state index in [1.54, 1.807) is 0 Å². The summed E-state index contributed by atoms with van der Waals surface area (Å²) in [7, 11) is 0. The monoisotopic (exact) mass is 326 g/mol. The van der Waals surface area contributed by atoms with Crippen LogP contribution in [-0.2, 0) is 0 Å². The maximum absolute atomic E-state index is 13.8. The lowest BCUT2D eigenvalue weighted by Crippen LogP contribution is -2.62. The first-order valence-electron chi connectivity index (χ1n) is 7.26. The Morgan fingerprint density at radius 1 is 0.591 bits per heavy atom. The number of hydrogen-bond acceptors (Lipinski definition) is 2. The van der Waals surface area contributed by atoms with E-state index in [1.165, 1.54) is 27.7 Å². The van der Waals surface area contributed by atoms with Crippen LogP contribution in [0.25, 0.3) is 0 Å². The fourth-order valence-electron chi connectivity index (χ4n) is 6.18. The van der Waals surface area contributed by atoms with Gasteiger partial charge in [0, 0.05) is 23.7 Å². The molecule has 0 aromatic rings. The zero-order valence-corrected chi connectivity index (χ0v) is 12.5. The third-order valence-electron chi connectivity index (χ3n) is 6.84. The second kappa shape index (κ2) is 3.07. The van der Waals surface area contributed by atoms with Gasteiger partial charge in [-0.05, 0) is 10.8 Å². The van der Waals surface area contributed by atoms with Crippen molar-refractivity contribution in [2.75, 3.05) is 0 Å². The molecule has 2 bridgehead atoms. The predicted octanol–water partition coefficient (Wildman–Crippen LogP) is 4.61. The second-order valence-electron chi connectivity index (χ2n) is 8.40. The summed E-state index contributed by atoms with van der Waals surface area (Å²) in [6.45, 7) is 5.93. The van der Waals surface area contributed by atoms with Gasteiger partial charge in [0.2, 0.25) is 0 Å². The molecule has 0 spiro atoms. The molecule has 3 saturated carbocycles. The molecule has 6 atom stereocenters. The Balaban J connectivity index is 2.01. The van der Waals surface area contributed by atoms with Crippen LogP contribution in [0.4, 0.5) is 26.3 Å². The normalized spacial score (nSPS) is 53.0. The number of alkyl halides is 6. The molecule has 2 nitrogen and oxygen atoms in total. The molecule has 3 fully saturated rings. The van der Waals surface area contributed by atoms with Crippen LogP contribution in [0.15, 0.2) is 10.2 Å². The van der Waals surface area contributed by atoms with Crippen molar-refractivity contribution in [1.82, 2.24) is 0 Å². The molecule has 0 aromatic heterocycles. The Morgan fingerprint density at radius 3 is 1.00 bits per heavy atom. The molecule has 0 saturated heterocycles. The van der Waals surface area contributed by atoms with E-state index in [9.17, 15) is 26.3 Å². The average Bonchev–Trinajstić information content (AvgIpc) is 3.12. The van der Waals surface area contributed by atoms with Gasteiger partial charge in [0.1, 0.15) is 0 Å². The van der Waals surface area contributed by atoms with Gasteiger partial charge >= 0.3 is 12.4 Å². The van der Waals surface area contributed by atoms with Gasteiger partial charge in [-0.15, -0.1) is 0 Å². The van der Waals surface area contributed by atoms with Crippen molar-refractivity contribution >= 4 is 0 Å². The van der Waals surface area contributed by atoms with Gasteiger partial charge in [0.05, 0.1) is 0 Å². The molecule has 2 aliphatic heterocycles. The quantitative estimate of drug-likeness (QED) is 0.581. The molecule has 2 heterocycles. The molecule has 22 heavy (non-hydrogen) atoms. The van der Waals surface area contributed by atoms with Gasteiger partial charge in [-0.2, -0.15) is 36.6 Å². The Labute approximate surface area is 123 Å². The lowest BCUT2D eigenvalue weighted by Gasteiger charge is -2.46. The van der Waals surface area contributed by atoms with Gasteiger partial charge in [-0.1, -0.05) is 27.7 Å². The fourth-order valence-corrected chi connectivity index (χ4v) is 6.18. The van der Waals surface area contributed by atoms with E-state index < -0.39 is 57.9 Å². The van der Waals surface area contributed by atoms with Crippen molar-refractivity contribution in [3.05, 3.63) is 0 Å². The molecule has 0 aromatic carbocycles. The predicted molar refractivity (Wildman–Crippen MR) is 64.0 cm³/mol. The number of rotatable bonds is 0. The smallest absolute Gasteiger partial charge is 0.176 e. The number of halogens is 6. The molecule has 2 unspecified atom stereocenters. The summed E-state index contributed by atoms with van der Waals surface area (Å²) in [6, 6.07) is 0. The summed E-state index contributed by atoms with van der Waals surface area (Å²) in [4.78, 5) is 0. The van der Waals surface area contributed by atoms with E-state index >= 15 is 0 Å². The molecule has 5 aliphatic rings. The van der Waals surface area contributed by atoms with E-state index in [4.69, 9.17) is 0 Å². The summed E-state index contributed by atoms with van der Waals surface area (Å²) in [5, 5.41) is 6.71. The fraction of sp³-hybridized carbons (Fsp3) is 1.00. The Hall–Kier alpha value is -0.820. The average molecular weight is 326 g/mol. The van der Waals surface area contributed by atoms with Crippen LogP contribution in [-0.4, -0.2) is 23.4 Å². The minimum atomic E-state index is -4.68. The van der Waals surface area contributed by atoms with Gasteiger partial charge in [-0.25, -0.2) is 0 Å². The molecule has 5 rings (SSSR count). The summed E-state index contributed by atoms with van der Waals surface area (Å²) in [6.07, 6.45) is -9.36. The van der Waals surface area contributed by atoms with Crippen LogP contribution < -0.4 is 0 Å². The van der Waals surface area contributed by atoms with Crippen molar-refractivity contribution in [2.24, 2.45) is 44.7 Å². The van der Waals surface area contributed by atoms with E-state index in [1.807, 2.05) is 0 Å². The minimum absolute atomic E-state index is 1.06.